The van der Waals surface area contributed by atoms with Gasteiger partial charge >= 0.3 is 5.97 Å². The lowest BCUT2D eigenvalue weighted by Crippen LogP contribution is -2.20. The number of pyridine rings is 1. The van der Waals surface area contributed by atoms with E-state index in [4.69, 9.17) is 4.74 Å². The highest BCUT2D eigenvalue weighted by Crippen LogP contribution is 2.21. The highest BCUT2D eigenvalue weighted by Gasteiger charge is 2.14. The van der Waals surface area contributed by atoms with E-state index in [9.17, 15) is 24.1 Å². The van der Waals surface area contributed by atoms with Gasteiger partial charge in [-0.3, -0.25) is 19.9 Å². The Balaban J connectivity index is 1.59. The largest absolute Gasteiger partial charge is 0.452 e. The van der Waals surface area contributed by atoms with Crippen LogP contribution < -0.4 is 5.32 Å². The van der Waals surface area contributed by atoms with Crippen molar-refractivity contribution in [2.45, 2.75) is 0 Å². The summed E-state index contributed by atoms with van der Waals surface area (Å²) in [6, 6.07) is 11.9. The average Bonchev–Trinajstić information content (AvgIpc) is 2.72. The fourth-order valence-corrected chi connectivity index (χ4v) is 2.51. The zero-order valence-corrected chi connectivity index (χ0v) is 14.9. The molecule has 1 N–H and O–H groups in total. The van der Waals surface area contributed by atoms with Gasteiger partial charge in [-0.25, -0.2) is 9.18 Å². The van der Waals surface area contributed by atoms with Crippen molar-refractivity contribution in [2.24, 2.45) is 0 Å². The van der Waals surface area contributed by atoms with Gasteiger partial charge in [0.1, 0.15) is 5.82 Å². The van der Waals surface area contributed by atoms with E-state index in [1.807, 2.05) is 18.2 Å². The molecule has 1 heterocycles. The molecule has 0 saturated heterocycles. The van der Waals surface area contributed by atoms with Gasteiger partial charge in [0.15, 0.2) is 6.61 Å². The van der Waals surface area contributed by atoms with Crippen LogP contribution in [0.4, 0.5) is 15.8 Å². The van der Waals surface area contributed by atoms with Gasteiger partial charge in [0.2, 0.25) is 0 Å². The summed E-state index contributed by atoms with van der Waals surface area (Å²) in [5.41, 5.74) is 0.643. The summed E-state index contributed by atoms with van der Waals surface area (Å²) in [6.07, 6.45) is 4.29. The number of para-hydroxylation sites is 1. The third kappa shape index (κ3) is 4.98. The monoisotopic (exact) mass is 395 g/mol. The standard InChI is InChI=1S/C20H14FN3O5/c21-16-8-7-15(24(27)28)11-17(16)23-18(25)12-29-19(26)9-6-14-4-1-3-13-5-2-10-22-20(13)14/h1-11H,12H2,(H,23,25)/b9-6+. The molecule has 0 fully saturated rings. The number of halogens is 1. The van der Waals surface area contributed by atoms with E-state index in [-0.39, 0.29) is 11.4 Å². The van der Waals surface area contributed by atoms with Crippen LogP contribution in [-0.4, -0.2) is 28.4 Å². The number of fused-ring (bicyclic) bond motifs is 1. The number of amides is 1. The lowest BCUT2D eigenvalue weighted by molar-refractivity contribution is -0.384. The summed E-state index contributed by atoms with van der Waals surface area (Å²) in [5, 5.41) is 13.8. The number of hydrogen-bond acceptors (Lipinski definition) is 6. The third-order valence-corrected chi connectivity index (χ3v) is 3.84. The van der Waals surface area contributed by atoms with Crippen molar-refractivity contribution in [3.8, 4) is 0 Å². The molecule has 0 aliphatic heterocycles. The van der Waals surface area contributed by atoms with Crippen LogP contribution in [0.25, 0.3) is 17.0 Å². The van der Waals surface area contributed by atoms with Crippen molar-refractivity contribution in [3.63, 3.8) is 0 Å². The second-order valence-electron chi connectivity index (χ2n) is 5.83. The summed E-state index contributed by atoms with van der Waals surface area (Å²) < 4.78 is 18.5. The molecule has 3 aromatic rings. The highest BCUT2D eigenvalue weighted by molar-refractivity contribution is 5.96. The van der Waals surface area contributed by atoms with E-state index < -0.39 is 29.2 Å². The van der Waals surface area contributed by atoms with Gasteiger partial charge in [-0.15, -0.1) is 0 Å². The molecular formula is C20H14FN3O5. The number of nitro benzene ring substituents is 1. The number of rotatable bonds is 6. The Bertz CT molecular complexity index is 1120. The zero-order valence-electron chi connectivity index (χ0n) is 14.9. The molecule has 0 radical (unpaired) electrons. The molecule has 0 aliphatic rings. The molecule has 2 aromatic carbocycles. The molecule has 8 nitrogen and oxygen atoms in total. The van der Waals surface area contributed by atoms with Crippen molar-refractivity contribution in [2.75, 3.05) is 11.9 Å². The van der Waals surface area contributed by atoms with Crippen molar-refractivity contribution < 1.29 is 23.6 Å². The van der Waals surface area contributed by atoms with Gasteiger partial charge in [-0.2, -0.15) is 0 Å². The SMILES string of the molecule is O=C(COC(=O)/C=C/c1cccc2cccnc12)Nc1cc([N+](=O)[O-])ccc1F. The van der Waals surface area contributed by atoms with Gasteiger partial charge in [-0.1, -0.05) is 24.3 Å². The molecule has 0 saturated carbocycles. The number of ether oxygens (including phenoxy) is 1. The Kier molecular flexibility index (Phi) is 5.88. The molecule has 0 bridgehead atoms. The number of aromatic nitrogens is 1. The molecular weight excluding hydrogens is 381 g/mol. The summed E-state index contributed by atoms with van der Waals surface area (Å²) >= 11 is 0. The fraction of sp³-hybridized carbons (Fsp3) is 0.0500. The fourth-order valence-electron chi connectivity index (χ4n) is 2.51. The molecule has 0 atom stereocenters. The first-order valence-electron chi connectivity index (χ1n) is 8.36. The van der Waals surface area contributed by atoms with E-state index in [0.29, 0.717) is 11.1 Å². The van der Waals surface area contributed by atoms with Crippen LogP contribution in [0.5, 0.6) is 0 Å². The predicted octanol–water partition coefficient (Wildman–Crippen LogP) is 3.48. The number of hydrogen-bond donors (Lipinski definition) is 1. The van der Waals surface area contributed by atoms with E-state index in [1.54, 1.807) is 18.3 Å². The smallest absolute Gasteiger partial charge is 0.331 e. The zero-order chi connectivity index (χ0) is 20.8. The minimum Gasteiger partial charge on any atom is -0.452 e. The van der Waals surface area contributed by atoms with Crippen LogP contribution >= 0.6 is 0 Å². The maximum Gasteiger partial charge on any atom is 0.331 e. The van der Waals surface area contributed by atoms with Crippen LogP contribution in [0, 0.1) is 15.9 Å². The first-order chi connectivity index (χ1) is 13.9. The number of nitrogens with one attached hydrogen (secondary N) is 1. The first kappa shape index (κ1) is 19.6. The van der Waals surface area contributed by atoms with Crippen LogP contribution in [0.15, 0.2) is 60.8 Å². The summed E-state index contributed by atoms with van der Waals surface area (Å²) in [6.45, 7) is -0.681. The predicted molar refractivity (Wildman–Crippen MR) is 103 cm³/mol. The number of nitrogens with zero attached hydrogens (tertiary/aromatic N) is 2. The van der Waals surface area contributed by atoms with Crippen LogP contribution in [0.1, 0.15) is 5.56 Å². The van der Waals surface area contributed by atoms with Gasteiger partial charge in [0, 0.05) is 35.4 Å². The van der Waals surface area contributed by atoms with Crippen molar-refractivity contribution in [1.29, 1.82) is 0 Å². The number of non-ortho nitro benzene ring substituents is 1. The summed E-state index contributed by atoms with van der Waals surface area (Å²) in [7, 11) is 0. The normalized spacial score (nSPS) is 10.8. The van der Waals surface area contributed by atoms with Crippen LogP contribution in [0.2, 0.25) is 0 Å². The number of benzene rings is 2. The molecule has 0 unspecified atom stereocenters. The molecule has 0 spiro atoms. The maximum absolute atomic E-state index is 13.7. The molecule has 29 heavy (non-hydrogen) atoms. The minimum absolute atomic E-state index is 0.377. The van der Waals surface area contributed by atoms with E-state index >= 15 is 0 Å². The first-order valence-corrected chi connectivity index (χ1v) is 8.36. The molecule has 146 valence electrons. The number of nitro groups is 1. The van der Waals surface area contributed by atoms with E-state index in [0.717, 1.165) is 29.7 Å². The maximum atomic E-state index is 13.7. The van der Waals surface area contributed by atoms with Gasteiger partial charge in [0.25, 0.3) is 11.6 Å². The molecule has 0 aliphatic carbocycles. The van der Waals surface area contributed by atoms with E-state index in [1.165, 1.54) is 6.08 Å². The van der Waals surface area contributed by atoms with Crippen molar-refractivity contribution >= 4 is 40.2 Å². The number of carbonyl (C=O) groups excluding carboxylic acids is 2. The van der Waals surface area contributed by atoms with Gasteiger partial charge in [0.05, 0.1) is 16.1 Å². The minimum atomic E-state index is -0.848. The Morgan fingerprint density at radius 2 is 2.00 bits per heavy atom. The Labute approximate surface area is 163 Å². The van der Waals surface area contributed by atoms with Gasteiger partial charge in [-0.05, 0) is 18.2 Å². The Morgan fingerprint density at radius 1 is 1.21 bits per heavy atom. The van der Waals surface area contributed by atoms with Gasteiger partial charge < -0.3 is 10.1 Å². The van der Waals surface area contributed by atoms with E-state index in [2.05, 4.69) is 10.3 Å². The Morgan fingerprint density at radius 3 is 2.79 bits per heavy atom. The molecule has 3 rings (SSSR count). The topological polar surface area (TPSA) is 111 Å². The Hall–Kier alpha value is -4.14. The number of esters is 1. The summed E-state index contributed by atoms with van der Waals surface area (Å²) in [4.78, 5) is 37.9. The quantitative estimate of drug-likeness (QED) is 0.296. The molecule has 1 amide bonds. The lowest BCUT2D eigenvalue weighted by atomic mass is 10.1. The summed E-state index contributed by atoms with van der Waals surface area (Å²) in [5.74, 6) is -2.47. The third-order valence-electron chi connectivity index (χ3n) is 3.84. The molecule has 1 aromatic heterocycles. The number of carbonyl (C=O) groups is 2. The van der Waals surface area contributed by atoms with Crippen molar-refractivity contribution in [3.05, 3.63) is 82.3 Å². The number of anilines is 1. The lowest BCUT2D eigenvalue weighted by Gasteiger charge is -2.06. The van der Waals surface area contributed by atoms with Crippen LogP contribution in [0.3, 0.4) is 0 Å². The molecule has 9 heteroatoms. The second kappa shape index (κ2) is 8.70. The second-order valence-corrected chi connectivity index (χ2v) is 5.83. The average molecular weight is 395 g/mol. The van der Waals surface area contributed by atoms with Crippen LogP contribution in [-0.2, 0) is 14.3 Å². The highest BCUT2D eigenvalue weighted by atomic mass is 19.1. The van der Waals surface area contributed by atoms with Crippen molar-refractivity contribution in [1.82, 2.24) is 4.98 Å².